The van der Waals surface area contributed by atoms with Crippen LogP contribution in [0, 0.1) is 5.92 Å². The number of barbiturate groups is 1. The number of primary amides is 1. The molecule has 0 bridgehead atoms. The Morgan fingerprint density at radius 3 is 2.14 bits per heavy atom. The van der Waals surface area contributed by atoms with Crippen molar-refractivity contribution in [2.45, 2.75) is 12.5 Å². The van der Waals surface area contributed by atoms with E-state index in [2.05, 4.69) is 4.99 Å². The molecule has 0 aromatic rings. The van der Waals surface area contributed by atoms with Crippen LogP contribution >= 0.6 is 0 Å². The van der Waals surface area contributed by atoms with Crippen molar-refractivity contribution in [2.24, 2.45) is 16.6 Å². The fraction of sp³-hybridized carbons (Fsp3) is 0.455. The highest BCUT2D eigenvalue weighted by Gasteiger charge is 2.41. The van der Waals surface area contributed by atoms with E-state index in [1.807, 2.05) is 0 Å². The number of hydrogen-bond donors (Lipinski definition) is 2. The van der Waals surface area contributed by atoms with Gasteiger partial charge in [-0.15, -0.1) is 0 Å². The summed E-state index contributed by atoms with van der Waals surface area (Å²) < 4.78 is 0. The lowest BCUT2D eigenvalue weighted by Crippen LogP contribution is -2.57. The second-order valence-corrected chi connectivity index (χ2v) is 4.38. The van der Waals surface area contributed by atoms with Gasteiger partial charge in [0.25, 0.3) is 0 Å². The number of carbonyl (C=O) groups excluding carboxylic acids is 4. The van der Waals surface area contributed by atoms with Crippen molar-refractivity contribution in [2.75, 3.05) is 14.1 Å². The van der Waals surface area contributed by atoms with Gasteiger partial charge in [0, 0.05) is 20.3 Å². The van der Waals surface area contributed by atoms with Crippen LogP contribution in [0.5, 0.6) is 0 Å². The van der Waals surface area contributed by atoms with Gasteiger partial charge in [-0.05, 0) is 0 Å². The van der Waals surface area contributed by atoms with E-state index >= 15 is 0 Å². The molecule has 0 spiro atoms. The molecule has 114 valence electrons. The molecule has 10 nitrogen and oxygen atoms in total. The van der Waals surface area contributed by atoms with Crippen LogP contribution in [0.1, 0.15) is 6.42 Å². The number of nitrogens with zero attached hydrogens (tertiary/aromatic N) is 3. The minimum atomic E-state index is -1.49. The van der Waals surface area contributed by atoms with Crippen LogP contribution < -0.4 is 5.73 Å². The molecule has 0 aromatic heterocycles. The first-order valence-electron chi connectivity index (χ1n) is 5.80. The Morgan fingerprint density at radius 2 is 1.76 bits per heavy atom. The summed E-state index contributed by atoms with van der Waals surface area (Å²) in [6.45, 7) is 0. The van der Waals surface area contributed by atoms with Gasteiger partial charge in [-0.2, -0.15) is 0 Å². The Bertz CT molecular complexity index is 519. The minimum absolute atomic E-state index is 0.564. The summed E-state index contributed by atoms with van der Waals surface area (Å²) in [5.74, 6) is -5.36. The first kappa shape index (κ1) is 16.3. The van der Waals surface area contributed by atoms with Crippen molar-refractivity contribution < 1.29 is 29.1 Å². The van der Waals surface area contributed by atoms with Gasteiger partial charge in [-0.25, -0.2) is 9.59 Å². The number of hydrogen-bond acceptors (Lipinski definition) is 6. The van der Waals surface area contributed by atoms with Crippen LogP contribution in [0.3, 0.4) is 0 Å². The van der Waals surface area contributed by atoms with E-state index in [9.17, 15) is 24.0 Å². The third-order valence-electron chi connectivity index (χ3n) is 2.86. The van der Waals surface area contributed by atoms with Crippen molar-refractivity contribution in [3.8, 4) is 0 Å². The average molecular weight is 298 g/mol. The van der Waals surface area contributed by atoms with Crippen molar-refractivity contribution >= 4 is 35.9 Å². The number of aliphatic carboxylic acids is 1. The van der Waals surface area contributed by atoms with E-state index in [0.717, 1.165) is 16.0 Å². The van der Waals surface area contributed by atoms with Gasteiger partial charge in [0.1, 0.15) is 0 Å². The van der Waals surface area contributed by atoms with Crippen LogP contribution in [-0.2, 0) is 19.2 Å². The summed E-state index contributed by atoms with van der Waals surface area (Å²) in [7, 11) is 2.37. The second kappa shape index (κ2) is 6.11. The Labute approximate surface area is 119 Å². The summed E-state index contributed by atoms with van der Waals surface area (Å²) >= 11 is 0. The molecule has 1 rings (SSSR count). The predicted octanol–water partition coefficient (Wildman–Crippen LogP) is -1.95. The number of carboxylic acid groups (broad SMARTS) is 1. The lowest BCUT2D eigenvalue weighted by atomic mass is 10.1. The third kappa shape index (κ3) is 3.41. The minimum Gasteiger partial charge on any atom is -0.480 e. The van der Waals surface area contributed by atoms with Crippen LogP contribution in [-0.4, -0.2) is 71.0 Å². The number of rotatable bonds is 5. The molecule has 0 aliphatic carbocycles. The van der Waals surface area contributed by atoms with Gasteiger partial charge < -0.3 is 10.8 Å². The molecule has 21 heavy (non-hydrogen) atoms. The maximum Gasteiger partial charge on any atom is 0.332 e. The molecule has 1 fully saturated rings. The molecule has 0 radical (unpaired) electrons. The number of urea groups is 1. The van der Waals surface area contributed by atoms with Gasteiger partial charge in [-0.3, -0.25) is 29.2 Å². The lowest BCUT2D eigenvalue weighted by Gasteiger charge is -2.31. The summed E-state index contributed by atoms with van der Waals surface area (Å²) in [5.41, 5.74) is 4.89. The molecule has 0 aromatic carbocycles. The van der Waals surface area contributed by atoms with Crippen LogP contribution in [0.15, 0.2) is 4.99 Å². The van der Waals surface area contributed by atoms with Gasteiger partial charge in [0.05, 0.1) is 6.42 Å². The lowest BCUT2D eigenvalue weighted by molar-refractivity contribution is -0.144. The highest BCUT2D eigenvalue weighted by molar-refractivity contribution is 6.23. The van der Waals surface area contributed by atoms with Gasteiger partial charge >= 0.3 is 12.0 Å². The van der Waals surface area contributed by atoms with Crippen molar-refractivity contribution in [3.63, 3.8) is 0 Å². The van der Waals surface area contributed by atoms with Crippen LogP contribution in [0.4, 0.5) is 4.79 Å². The van der Waals surface area contributed by atoms with Crippen molar-refractivity contribution in [3.05, 3.63) is 0 Å². The number of amides is 5. The fourth-order valence-electron chi connectivity index (χ4n) is 1.65. The smallest absolute Gasteiger partial charge is 0.332 e. The first-order valence-corrected chi connectivity index (χ1v) is 5.80. The molecule has 1 aliphatic rings. The van der Waals surface area contributed by atoms with E-state index in [4.69, 9.17) is 10.8 Å². The highest BCUT2D eigenvalue weighted by Crippen LogP contribution is 2.14. The van der Waals surface area contributed by atoms with E-state index in [-0.39, 0.29) is 0 Å². The molecule has 3 N–H and O–H groups in total. The zero-order valence-corrected chi connectivity index (χ0v) is 11.3. The molecular weight excluding hydrogens is 284 g/mol. The number of aliphatic imine (C=N–C) groups is 1. The summed E-state index contributed by atoms with van der Waals surface area (Å²) in [4.78, 5) is 61.8. The second-order valence-electron chi connectivity index (χ2n) is 4.38. The van der Waals surface area contributed by atoms with Crippen molar-refractivity contribution in [1.29, 1.82) is 0 Å². The molecule has 1 saturated heterocycles. The number of nitrogens with two attached hydrogens (primary N) is 1. The number of carboxylic acids is 1. The van der Waals surface area contributed by atoms with E-state index < -0.39 is 48.1 Å². The largest absolute Gasteiger partial charge is 0.480 e. The van der Waals surface area contributed by atoms with E-state index in [1.54, 1.807) is 0 Å². The average Bonchev–Trinajstić information content (AvgIpc) is 2.41. The molecule has 10 heteroatoms. The molecular formula is C11H14N4O6. The monoisotopic (exact) mass is 298 g/mol. The summed E-state index contributed by atoms with van der Waals surface area (Å²) in [6.07, 6.45) is 0.261. The van der Waals surface area contributed by atoms with Crippen LogP contribution in [0.25, 0.3) is 0 Å². The zero-order chi connectivity index (χ0) is 16.3. The molecule has 1 aliphatic heterocycles. The van der Waals surface area contributed by atoms with E-state index in [1.165, 1.54) is 14.1 Å². The predicted molar refractivity (Wildman–Crippen MR) is 68.2 cm³/mol. The highest BCUT2D eigenvalue weighted by atomic mass is 16.4. The Hall–Kier alpha value is -2.78. The topological polar surface area (TPSA) is 150 Å². The fourth-order valence-corrected chi connectivity index (χ4v) is 1.65. The van der Waals surface area contributed by atoms with Gasteiger partial charge in [0.2, 0.25) is 17.7 Å². The van der Waals surface area contributed by atoms with Crippen LogP contribution in [0.2, 0.25) is 0 Å². The number of carbonyl (C=O) groups is 5. The Balaban J connectivity index is 2.98. The van der Waals surface area contributed by atoms with Gasteiger partial charge in [0.15, 0.2) is 12.0 Å². The molecule has 0 saturated carbocycles. The molecule has 5 amide bonds. The normalized spacial score (nSPS) is 18.5. The quantitative estimate of drug-likeness (QED) is 0.445. The zero-order valence-electron chi connectivity index (χ0n) is 11.3. The molecule has 1 heterocycles. The maximum absolute atomic E-state index is 11.8. The Kier molecular flexibility index (Phi) is 4.74. The van der Waals surface area contributed by atoms with Gasteiger partial charge in [-0.1, -0.05) is 0 Å². The Morgan fingerprint density at radius 1 is 1.29 bits per heavy atom. The SMILES string of the molecule is CN1C(=O)C(C=N[C@@H](CC(N)=O)C(=O)O)C(=O)N(C)C1=O. The number of imide groups is 2. The third-order valence-corrected chi connectivity index (χ3v) is 2.86. The summed E-state index contributed by atoms with van der Waals surface area (Å²) in [6, 6.07) is -2.28. The summed E-state index contributed by atoms with van der Waals surface area (Å²) in [5, 5.41) is 8.86. The van der Waals surface area contributed by atoms with Crippen molar-refractivity contribution in [1.82, 2.24) is 9.80 Å². The molecule has 0 unspecified atom stereocenters. The van der Waals surface area contributed by atoms with E-state index in [0.29, 0.717) is 0 Å². The maximum atomic E-state index is 11.8. The molecule has 1 atom stereocenters. The first-order chi connectivity index (χ1) is 9.66. The standard InChI is InChI=1S/C11H14N4O6/c1-14-8(17)5(9(18)15(2)11(14)21)4-13-6(10(19)20)3-7(12)16/h4-6H,3H2,1-2H3,(H2,12,16)(H,19,20)/t6-/m0/s1.